The Labute approximate surface area is 152 Å². The van der Waals surface area contributed by atoms with Crippen molar-refractivity contribution in [3.05, 3.63) is 47.5 Å². The fourth-order valence-electron chi connectivity index (χ4n) is 2.50. The molecule has 0 spiro atoms. The number of aliphatic hydroxyl groups excluding tert-OH is 1. The van der Waals surface area contributed by atoms with Gasteiger partial charge in [0, 0.05) is 11.7 Å². The molecule has 0 bridgehead atoms. The molecule has 3 atom stereocenters. The second-order valence-electron chi connectivity index (χ2n) is 6.01. The molecule has 0 aliphatic carbocycles. The number of halogens is 3. The van der Waals surface area contributed by atoms with E-state index in [0.29, 0.717) is 5.82 Å². The van der Waals surface area contributed by atoms with Crippen molar-refractivity contribution >= 4 is 11.8 Å². The van der Waals surface area contributed by atoms with Gasteiger partial charge in [-0.05, 0) is 24.6 Å². The van der Waals surface area contributed by atoms with Gasteiger partial charge in [0.05, 0.1) is 10.8 Å². The molecule has 1 aromatic heterocycles. The first-order chi connectivity index (χ1) is 12.0. The van der Waals surface area contributed by atoms with Crippen LogP contribution in [0.4, 0.5) is 13.2 Å². The SMILES string of the molecule is CC(S[C@H](C)[C@@](O)(Cc1ncn[nH]1)c1ccc(C(F)(F)F)cc1)C(O)O. The lowest BCUT2D eigenvalue weighted by Crippen LogP contribution is -2.40. The maximum Gasteiger partial charge on any atom is 0.416 e. The van der Waals surface area contributed by atoms with E-state index in [1.54, 1.807) is 13.8 Å². The summed E-state index contributed by atoms with van der Waals surface area (Å²) in [5.41, 5.74) is -2.15. The molecule has 0 fully saturated rings. The number of aliphatic hydroxyl groups is 3. The Morgan fingerprint density at radius 1 is 1.12 bits per heavy atom. The lowest BCUT2D eigenvalue weighted by atomic mass is 9.86. The fraction of sp³-hybridized carbons (Fsp3) is 0.500. The normalized spacial score (nSPS) is 17.1. The van der Waals surface area contributed by atoms with E-state index in [9.17, 15) is 28.5 Å². The number of aromatic nitrogens is 3. The molecule has 26 heavy (non-hydrogen) atoms. The Hall–Kier alpha value is -1.62. The van der Waals surface area contributed by atoms with Crippen LogP contribution in [0, 0.1) is 0 Å². The molecule has 1 aromatic carbocycles. The van der Waals surface area contributed by atoms with Crippen molar-refractivity contribution in [1.29, 1.82) is 0 Å². The monoisotopic (exact) mass is 391 g/mol. The van der Waals surface area contributed by atoms with E-state index in [4.69, 9.17) is 0 Å². The number of rotatable bonds is 7. The highest BCUT2D eigenvalue weighted by Gasteiger charge is 2.39. The van der Waals surface area contributed by atoms with Gasteiger partial charge in [-0.1, -0.05) is 19.1 Å². The van der Waals surface area contributed by atoms with Crippen LogP contribution >= 0.6 is 11.8 Å². The van der Waals surface area contributed by atoms with Crippen molar-refractivity contribution < 1.29 is 28.5 Å². The summed E-state index contributed by atoms with van der Waals surface area (Å²) < 4.78 is 38.4. The lowest BCUT2D eigenvalue weighted by molar-refractivity contribution is -0.137. The summed E-state index contributed by atoms with van der Waals surface area (Å²) in [6.45, 7) is 3.24. The number of nitrogens with one attached hydrogen (secondary N) is 1. The van der Waals surface area contributed by atoms with Gasteiger partial charge in [-0.15, -0.1) is 11.8 Å². The third-order valence-electron chi connectivity index (χ3n) is 4.13. The molecule has 1 heterocycles. The largest absolute Gasteiger partial charge is 0.416 e. The predicted octanol–water partition coefficient (Wildman–Crippen LogP) is 2.07. The number of benzene rings is 1. The quantitative estimate of drug-likeness (QED) is 0.539. The highest BCUT2D eigenvalue weighted by molar-refractivity contribution is 8.00. The number of aromatic amines is 1. The molecule has 0 amide bonds. The van der Waals surface area contributed by atoms with Crippen molar-refractivity contribution in [3.8, 4) is 0 Å². The third kappa shape index (κ3) is 4.76. The molecular weight excluding hydrogens is 371 g/mol. The number of hydrogen-bond donors (Lipinski definition) is 4. The molecule has 10 heteroatoms. The number of alkyl halides is 3. The highest BCUT2D eigenvalue weighted by atomic mass is 32.2. The van der Waals surface area contributed by atoms with Gasteiger partial charge in [0.25, 0.3) is 0 Å². The zero-order chi connectivity index (χ0) is 19.5. The van der Waals surface area contributed by atoms with E-state index in [2.05, 4.69) is 15.2 Å². The Morgan fingerprint density at radius 2 is 1.69 bits per heavy atom. The van der Waals surface area contributed by atoms with Crippen LogP contribution in [0.5, 0.6) is 0 Å². The van der Waals surface area contributed by atoms with Gasteiger partial charge in [-0.2, -0.15) is 18.3 Å². The van der Waals surface area contributed by atoms with E-state index < -0.39 is 34.1 Å². The van der Waals surface area contributed by atoms with Crippen LogP contribution in [0.25, 0.3) is 0 Å². The summed E-state index contributed by atoms with van der Waals surface area (Å²) in [6.07, 6.45) is -4.83. The minimum absolute atomic E-state index is 0.0270. The minimum atomic E-state index is -4.47. The lowest BCUT2D eigenvalue weighted by Gasteiger charge is -2.35. The van der Waals surface area contributed by atoms with Crippen molar-refractivity contribution in [2.45, 2.75) is 48.8 Å². The second kappa shape index (κ2) is 7.95. The van der Waals surface area contributed by atoms with Gasteiger partial charge in [0.2, 0.25) is 0 Å². The van der Waals surface area contributed by atoms with Crippen LogP contribution < -0.4 is 0 Å². The number of H-pyrrole nitrogens is 1. The predicted molar refractivity (Wildman–Crippen MR) is 90.2 cm³/mol. The van der Waals surface area contributed by atoms with Crippen molar-refractivity contribution in [1.82, 2.24) is 15.2 Å². The first-order valence-corrected chi connectivity index (χ1v) is 8.74. The summed E-state index contributed by atoms with van der Waals surface area (Å²) in [5, 5.41) is 35.0. The smallest absolute Gasteiger partial charge is 0.384 e. The van der Waals surface area contributed by atoms with Crippen molar-refractivity contribution in [2.75, 3.05) is 0 Å². The molecule has 0 radical (unpaired) electrons. The summed E-state index contributed by atoms with van der Waals surface area (Å²) in [7, 11) is 0. The van der Waals surface area contributed by atoms with E-state index in [1.807, 2.05) is 0 Å². The molecular formula is C16H20F3N3O3S. The van der Waals surface area contributed by atoms with Crippen molar-refractivity contribution in [2.24, 2.45) is 0 Å². The number of nitrogens with zero attached hydrogens (tertiary/aromatic N) is 2. The van der Waals surface area contributed by atoms with Gasteiger partial charge in [0.15, 0.2) is 6.29 Å². The van der Waals surface area contributed by atoms with Gasteiger partial charge >= 0.3 is 6.18 Å². The molecule has 6 nitrogen and oxygen atoms in total. The first-order valence-electron chi connectivity index (χ1n) is 7.80. The molecule has 2 rings (SSSR count). The van der Waals surface area contributed by atoms with E-state index >= 15 is 0 Å². The van der Waals surface area contributed by atoms with Crippen molar-refractivity contribution in [3.63, 3.8) is 0 Å². The number of thioether (sulfide) groups is 1. The molecule has 0 aliphatic rings. The molecule has 2 aromatic rings. The van der Waals surface area contributed by atoms with Crippen LogP contribution in [-0.2, 0) is 18.2 Å². The maximum absolute atomic E-state index is 12.8. The zero-order valence-corrected chi connectivity index (χ0v) is 14.9. The highest BCUT2D eigenvalue weighted by Crippen LogP contribution is 2.39. The summed E-state index contributed by atoms with van der Waals surface area (Å²) in [5.74, 6) is 0.358. The first kappa shape index (κ1) is 20.7. The molecule has 1 unspecified atom stereocenters. The van der Waals surface area contributed by atoms with Gasteiger partial charge in [0.1, 0.15) is 17.8 Å². The number of hydrogen-bond acceptors (Lipinski definition) is 6. The molecule has 144 valence electrons. The van der Waals surface area contributed by atoms with Crippen LogP contribution in [0.15, 0.2) is 30.6 Å². The maximum atomic E-state index is 12.8. The van der Waals surface area contributed by atoms with Gasteiger partial charge in [-0.3, -0.25) is 5.10 Å². The van der Waals surface area contributed by atoms with Crippen LogP contribution in [-0.4, -0.2) is 47.3 Å². The third-order valence-corrected chi connectivity index (χ3v) is 5.60. The Kier molecular flexibility index (Phi) is 6.33. The Bertz CT molecular complexity index is 695. The van der Waals surface area contributed by atoms with Gasteiger partial charge < -0.3 is 15.3 Å². The zero-order valence-electron chi connectivity index (χ0n) is 14.1. The van der Waals surface area contributed by atoms with Crippen LogP contribution in [0.3, 0.4) is 0 Å². The van der Waals surface area contributed by atoms with Crippen LogP contribution in [0.1, 0.15) is 30.8 Å². The topological polar surface area (TPSA) is 102 Å². The molecule has 0 saturated heterocycles. The average Bonchev–Trinajstić information content (AvgIpc) is 3.06. The minimum Gasteiger partial charge on any atom is -0.384 e. The molecule has 0 aliphatic heterocycles. The summed E-state index contributed by atoms with van der Waals surface area (Å²) in [4.78, 5) is 3.97. The van der Waals surface area contributed by atoms with Gasteiger partial charge in [-0.25, -0.2) is 4.98 Å². The summed E-state index contributed by atoms with van der Waals surface area (Å²) in [6, 6.07) is 4.25. The van der Waals surface area contributed by atoms with E-state index in [1.165, 1.54) is 18.5 Å². The fourth-order valence-corrected chi connectivity index (χ4v) is 3.73. The molecule has 4 N–H and O–H groups in total. The molecule has 0 saturated carbocycles. The average molecular weight is 391 g/mol. The Balaban J connectivity index is 2.36. The summed E-state index contributed by atoms with van der Waals surface area (Å²) >= 11 is 1.11. The van der Waals surface area contributed by atoms with Crippen LogP contribution in [0.2, 0.25) is 0 Å². The standard InChI is InChI=1S/C16H20F3N3O3S/c1-9(14(23)24)26-10(2)15(25,7-13-20-8-21-22-13)11-3-5-12(6-4-11)16(17,18)19/h3-6,8-10,14,23-25H,7H2,1-2H3,(H,20,21,22)/t9?,10-,15+/m1/s1. The van der Waals surface area contributed by atoms with E-state index in [0.717, 1.165) is 23.9 Å². The van der Waals surface area contributed by atoms with E-state index in [-0.39, 0.29) is 12.0 Å². The Morgan fingerprint density at radius 3 is 2.15 bits per heavy atom. The second-order valence-corrected chi connectivity index (χ2v) is 7.73.